The van der Waals surface area contributed by atoms with Gasteiger partial charge in [0.1, 0.15) is 0 Å². The van der Waals surface area contributed by atoms with Crippen LogP contribution in [0, 0.1) is 10.8 Å². The summed E-state index contributed by atoms with van der Waals surface area (Å²) in [5.41, 5.74) is 7.18. The Morgan fingerprint density at radius 2 is 1.70 bits per heavy atom. The summed E-state index contributed by atoms with van der Waals surface area (Å²) in [5.74, 6) is 4.28. The van der Waals surface area contributed by atoms with Gasteiger partial charge in [-0.15, -0.1) is 0 Å². The van der Waals surface area contributed by atoms with Crippen molar-refractivity contribution in [3.05, 3.63) is 0 Å². The lowest BCUT2D eigenvalue weighted by molar-refractivity contribution is -0.124. The average Bonchev–Trinajstić information content (AvgIpc) is 2.61. The maximum absolute atomic E-state index is 11.9. The van der Waals surface area contributed by atoms with Gasteiger partial charge in [-0.1, -0.05) is 27.7 Å². The van der Waals surface area contributed by atoms with Crippen molar-refractivity contribution in [1.29, 1.82) is 0 Å². The van der Waals surface area contributed by atoms with Crippen LogP contribution >= 0.6 is 0 Å². The highest BCUT2D eigenvalue weighted by Crippen LogP contribution is 2.22. The summed E-state index contributed by atoms with van der Waals surface area (Å²) in [4.78, 5) is 34.2. The van der Waals surface area contributed by atoms with Crippen LogP contribution in [0.3, 0.4) is 0 Å². The molecule has 0 saturated heterocycles. The van der Waals surface area contributed by atoms with Crippen LogP contribution < -0.4 is 27.6 Å². The van der Waals surface area contributed by atoms with Crippen LogP contribution in [0.5, 0.6) is 0 Å². The number of carbonyl (C=O) groups excluding carboxylic acids is 3. The highest BCUT2D eigenvalue weighted by atomic mass is 16.5. The molecule has 0 aromatic heterocycles. The number of hydrogen-bond acceptors (Lipinski definition) is 6. The molecule has 158 valence electrons. The van der Waals surface area contributed by atoms with Crippen LogP contribution in [0.4, 0.5) is 0 Å². The molecule has 2 atom stereocenters. The smallest absolute Gasteiger partial charge is 0.250 e. The van der Waals surface area contributed by atoms with E-state index in [2.05, 4.69) is 24.5 Å². The third-order valence-electron chi connectivity index (χ3n) is 4.49. The Balaban J connectivity index is 4.23. The number of carbonyl (C=O) groups is 3. The predicted octanol–water partition coefficient (Wildman–Crippen LogP) is -0.205. The summed E-state index contributed by atoms with van der Waals surface area (Å²) in [7, 11) is 0. The number of nitrogens with one attached hydrogen (secondary N) is 3. The van der Waals surface area contributed by atoms with E-state index in [9.17, 15) is 14.4 Å². The monoisotopic (exact) mass is 387 g/mol. The normalized spacial score (nSPS) is 14.8. The average molecular weight is 388 g/mol. The number of nitrogens with two attached hydrogens (primary N) is 2. The number of hydrazine groups is 1. The Bertz CT molecular complexity index is 498. The topological polar surface area (TPSA) is 149 Å². The Morgan fingerprint density at radius 1 is 1.07 bits per heavy atom. The Kier molecular flexibility index (Phi) is 11.1. The van der Waals surface area contributed by atoms with Crippen molar-refractivity contribution < 1.29 is 19.1 Å². The van der Waals surface area contributed by atoms with Gasteiger partial charge in [-0.25, -0.2) is 5.84 Å². The molecule has 0 rings (SSSR count). The molecule has 0 fully saturated rings. The minimum Gasteiger partial charge on any atom is -0.380 e. The molecular weight excluding hydrogens is 350 g/mol. The van der Waals surface area contributed by atoms with Crippen molar-refractivity contribution in [2.24, 2.45) is 22.4 Å². The van der Waals surface area contributed by atoms with Gasteiger partial charge >= 0.3 is 0 Å². The van der Waals surface area contributed by atoms with E-state index in [0.29, 0.717) is 26.3 Å². The first-order valence-electron chi connectivity index (χ1n) is 9.29. The van der Waals surface area contributed by atoms with Crippen molar-refractivity contribution in [3.63, 3.8) is 0 Å². The quantitative estimate of drug-likeness (QED) is 0.168. The molecule has 0 aliphatic carbocycles. The van der Waals surface area contributed by atoms with Crippen molar-refractivity contribution in [2.45, 2.75) is 59.9 Å². The first-order valence-corrected chi connectivity index (χ1v) is 9.29. The summed E-state index contributed by atoms with van der Waals surface area (Å²) in [6, 6.07) is -0.799. The van der Waals surface area contributed by atoms with Gasteiger partial charge in [0.2, 0.25) is 11.8 Å². The molecule has 0 aliphatic rings. The zero-order valence-corrected chi connectivity index (χ0v) is 17.3. The Morgan fingerprint density at radius 3 is 2.22 bits per heavy atom. The lowest BCUT2D eigenvalue weighted by Gasteiger charge is -2.31. The van der Waals surface area contributed by atoms with E-state index >= 15 is 0 Å². The summed E-state index contributed by atoms with van der Waals surface area (Å²) in [6.07, 6.45) is 1.25. The molecule has 0 bridgehead atoms. The molecule has 27 heavy (non-hydrogen) atoms. The Hall–Kier alpha value is -1.71. The van der Waals surface area contributed by atoms with E-state index in [-0.39, 0.29) is 35.5 Å². The molecule has 2 unspecified atom stereocenters. The molecule has 0 aromatic carbocycles. The second-order valence-electron chi connectivity index (χ2n) is 8.16. The van der Waals surface area contributed by atoms with Crippen LogP contribution in [0.25, 0.3) is 0 Å². The number of amides is 3. The van der Waals surface area contributed by atoms with Crippen LogP contribution in [-0.2, 0) is 19.1 Å². The molecule has 0 saturated carbocycles. The molecule has 9 nitrogen and oxygen atoms in total. The summed E-state index contributed by atoms with van der Waals surface area (Å²) < 4.78 is 5.87. The predicted molar refractivity (Wildman–Crippen MR) is 104 cm³/mol. The second-order valence-corrected chi connectivity index (χ2v) is 8.16. The number of rotatable bonds is 13. The van der Waals surface area contributed by atoms with Gasteiger partial charge in [0.25, 0.3) is 5.91 Å². The van der Waals surface area contributed by atoms with Crippen LogP contribution in [0.1, 0.15) is 53.9 Å². The zero-order chi connectivity index (χ0) is 21.1. The van der Waals surface area contributed by atoms with Crippen LogP contribution in [-0.4, -0.2) is 50.1 Å². The van der Waals surface area contributed by atoms with E-state index in [1.54, 1.807) is 0 Å². The largest absolute Gasteiger partial charge is 0.380 e. The molecule has 7 N–H and O–H groups in total. The molecule has 3 amide bonds. The lowest BCUT2D eigenvalue weighted by Crippen LogP contribution is -2.44. The third kappa shape index (κ3) is 11.6. The van der Waals surface area contributed by atoms with Gasteiger partial charge in [-0.3, -0.25) is 19.8 Å². The fourth-order valence-electron chi connectivity index (χ4n) is 2.19. The van der Waals surface area contributed by atoms with Gasteiger partial charge in [0, 0.05) is 37.3 Å². The number of ether oxygens (including phenoxy) is 1. The molecular formula is C18H37N5O4. The van der Waals surface area contributed by atoms with E-state index in [1.807, 2.05) is 19.3 Å². The van der Waals surface area contributed by atoms with E-state index in [0.717, 1.165) is 6.42 Å². The van der Waals surface area contributed by atoms with Crippen molar-refractivity contribution in [1.82, 2.24) is 16.1 Å². The summed E-state index contributed by atoms with van der Waals surface area (Å²) >= 11 is 0. The van der Waals surface area contributed by atoms with E-state index in [1.165, 1.54) is 6.92 Å². The van der Waals surface area contributed by atoms with Gasteiger partial charge in [-0.05, 0) is 12.8 Å². The Labute approximate surface area is 162 Å². The molecule has 9 heteroatoms. The summed E-state index contributed by atoms with van der Waals surface area (Å²) in [5, 5.41) is 5.68. The minimum absolute atomic E-state index is 0.0543. The molecule has 0 aromatic rings. The number of hydrogen-bond donors (Lipinski definition) is 5. The molecule has 0 heterocycles. The third-order valence-corrected chi connectivity index (χ3v) is 4.49. The lowest BCUT2D eigenvalue weighted by atomic mass is 9.88. The minimum atomic E-state index is -0.799. The van der Waals surface area contributed by atoms with E-state index in [4.69, 9.17) is 16.3 Å². The van der Waals surface area contributed by atoms with Gasteiger partial charge in [0.15, 0.2) is 0 Å². The van der Waals surface area contributed by atoms with E-state index < -0.39 is 11.9 Å². The molecule has 0 spiro atoms. The highest BCUT2D eigenvalue weighted by Gasteiger charge is 2.26. The standard InChI is InChI=1S/C18H37N5O4/c1-6-18(5,10-21-13(2)24)12-27-11-17(3,4)9-22-15(25)8-7-14(19)16(26)23-20/h14H,6-12,19-20H2,1-5H3,(H,21,24)(H,22,25)(H,23,26). The van der Waals surface area contributed by atoms with Gasteiger partial charge < -0.3 is 21.1 Å². The van der Waals surface area contributed by atoms with Crippen molar-refractivity contribution >= 4 is 17.7 Å². The highest BCUT2D eigenvalue weighted by molar-refractivity contribution is 5.82. The fourth-order valence-corrected chi connectivity index (χ4v) is 2.19. The van der Waals surface area contributed by atoms with Crippen LogP contribution in [0.2, 0.25) is 0 Å². The van der Waals surface area contributed by atoms with Crippen molar-refractivity contribution in [2.75, 3.05) is 26.3 Å². The first kappa shape index (κ1) is 25.3. The summed E-state index contributed by atoms with van der Waals surface area (Å²) in [6.45, 7) is 11.6. The maximum Gasteiger partial charge on any atom is 0.250 e. The van der Waals surface area contributed by atoms with Crippen LogP contribution in [0.15, 0.2) is 0 Å². The SMILES string of the molecule is CCC(C)(CNC(C)=O)COCC(C)(C)CNC(=O)CCC(N)C(=O)NN. The molecule has 0 radical (unpaired) electrons. The molecule has 0 aliphatic heterocycles. The second kappa shape index (κ2) is 11.9. The first-order chi connectivity index (χ1) is 12.4. The van der Waals surface area contributed by atoms with Gasteiger partial charge in [-0.2, -0.15) is 0 Å². The van der Waals surface area contributed by atoms with Gasteiger partial charge in [0.05, 0.1) is 19.3 Å². The maximum atomic E-state index is 11.9. The fraction of sp³-hybridized carbons (Fsp3) is 0.833. The zero-order valence-electron chi connectivity index (χ0n) is 17.3. The van der Waals surface area contributed by atoms with Crippen molar-refractivity contribution in [3.8, 4) is 0 Å².